The molecule has 4 aromatic rings. The van der Waals surface area contributed by atoms with Gasteiger partial charge in [0.05, 0.1) is 29.7 Å². The second kappa shape index (κ2) is 9.15. The molecular formula is C23H21ClFN3O2. The zero-order valence-electron chi connectivity index (χ0n) is 16.4. The Labute approximate surface area is 178 Å². The number of H-pyrrole nitrogens is 1. The lowest BCUT2D eigenvalue weighted by atomic mass is 10.1. The Kier molecular flexibility index (Phi) is 6.16. The lowest BCUT2D eigenvalue weighted by molar-refractivity contribution is 0.276. The molecule has 0 aliphatic carbocycles. The number of para-hydroxylation sites is 3. The molecule has 1 heterocycles. The van der Waals surface area contributed by atoms with E-state index in [0.717, 1.165) is 22.4 Å². The number of benzene rings is 3. The molecule has 154 valence electrons. The molecule has 0 aliphatic heterocycles. The Morgan fingerprint density at radius 1 is 1.03 bits per heavy atom. The first-order chi connectivity index (χ1) is 14.7. The van der Waals surface area contributed by atoms with E-state index in [2.05, 4.69) is 15.3 Å². The van der Waals surface area contributed by atoms with E-state index in [9.17, 15) is 4.39 Å². The number of aromatic nitrogens is 2. The van der Waals surface area contributed by atoms with Gasteiger partial charge in [-0.2, -0.15) is 0 Å². The van der Waals surface area contributed by atoms with E-state index >= 15 is 0 Å². The van der Waals surface area contributed by atoms with Crippen LogP contribution >= 0.6 is 11.6 Å². The van der Waals surface area contributed by atoms with Crippen LogP contribution in [0.2, 0.25) is 5.02 Å². The molecule has 1 aromatic heterocycles. The van der Waals surface area contributed by atoms with E-state index in [1.54, 1.807) is 25.3 Å². The molecule has 0 saturated carbocycles. The maximum atomic E-state index is 14.1. The fourth-order valence-electron chi connectivity index (χ4n) is 3.24. The van der Waals surface area contributed by atoms with Crippen molar-refractivity contribution in [1.29, 1.82) is 0 Å². The van der Waals surface area contributed by atoms with E-state index < -0.39 is 5.82 Å². The summed E-state index contributed by atoms with van der Waals surface area (Å²) in [7, 11) is 1.57. The van der Waals surface area contributed by atoms with Crippen molar-refractivity contribution in [2.75, 3.05) is 7.11 Å². The first-order valence-corrected chi connectivity index (χ1v) is 9.89. The number of hydrogen-bond donors (Lipinski definition) is 2. The van der Waals surface area contributed by atoms with Gasteiger partial charge in [-0.15, -0.1) is 0 Å². The minimum atomic E-state index is -0.401. The Balaban J connectivity index is 1.47. The summed E-state index contributed by atoms with van der Waals surface area (Å²) in [6.45, 7) is 1.08. The molecule has 0 spiro atoms. The van der Waals surface area contributed by atoms with Gasteiger partial charge in [-0.1, -0.05) is 41.9 Å². The summed E-state index contributed by atoms with van der Waals surface area (Å²) in [6, 6.07) is 18.1. The molecule has 2 N–H and O–H groups in total. The van der Waals surface area contributed by atoms with Gasteiger partial charge in [0.2, 0.25) is 0 Å². The monoisotopic (exact) mass is 425 g/mol. The highest BCUT2D eigenvalue weighted by Crippen LogP contribution is 2.33. The van der Waals surface area contributed by atoms with Crippen LogP contribution in [0.15, 0.2) is 60.7 Å². The molecule has 4 rings (SSSR count). The number of imidazole rings is 1. The first-order valence-electron chi connectivity index (χ1n) is 9.51. The predicted octanol–water partition coefficient (Wildman–Crippen LogP) is 5.23. The predicted molar refractivity (Wildman–Crippen MR) is 115 cm³/mol. The standard InChI is InChI=1S/C23H21ClFN3O2/c1-29-21-11-4-6-15(23(21)30-14-16-17(24)7-5-8-18(16)25)12-26-13-22-27-19-9-2-3-10-20(19)28-22/h2-11,26H,12-14H2,1H3,(H,27,28). The van der Waals surface area contributed by atoms with Crippen molar-refractivity contribution in [3.05, 3.63) is 88.5 Å². The summed E-state index contributed by atoms with van der Waals surface area (Å²) in [4.78, 5) is 7.86. The average Bonchev–Trinajstić information content (AvgIpc) is 3.16. The Morgan fingerprint density at radius 3 is 2.67 bits per heavy atom. The fourth-order valence-corrected chi connectivity index (χ4v) is 3.46. The number of nitrogens with zero attached hydrogens (tertiary/aromatic N) is 1. The van der Waals surface area contributed by atoms with Crippen LogP contribution in [0.5, 0.6) is 11.5 Å². The summed E-state index contributed by atoms with van der Waals surface area (Å²) in [5.41, 5.74) is 3.13. The number of rotatable bonds is 8. The van der Waals surface area contributed by atoms with Crippen LogP contribution < -0.4 is 14.8 Å². The number of nitrogens with one attached hydrogen (secondary N) is 2. The van der Waals surface area contributed by atoms with Crippen LogP contribution in [0.1, 0.15) is 17.0 Å². The minimum Gasteiger partial charge on any atom is -0.493 e. The Hall–Kier alpha value is -3.09. The maximum Gasteiger partial charge on any atom is 0.166 e. The highest BCUT2D eigenvalue weighted by atomic mass is 35.5. The quantitative estimate of drug-likeness (QED) is 0.405. The number of methoxy groups -OCH3 is 1. The molecule has 5 nitrogen and oxygen atoms in total. The number of ether oxygens (including phenoxy) is 2. The average molecular weight is 426 g/mol. The largest absolute Gasteiger partial charge is 0.493 e. The fraction of sp³-hybridized carbons (Fsp3) is 0.174. The van der Waals surface area contributed by atoms with Crippen LogP contribution in [0, 0.1) is 5.82 Å². The van der Waals surface area contributed by atoms with Gasteiger partial charge in [-0.25, -0.2) is 9.37 Å². The minimum absolute atomic E-state index is 0.00243. The molecule has 0 aliphatic rings. The van der Waals surface area contributed by atoms with Crippen LogP contribution in [0.4, 0.5) is 4.39 Å². The summed E-state index contributed by atoms with van der Waals surface area (Å²) in [5, 5.41) is 3.69. The lowest BCUT2D eigenvalue weighted by Gasteiger charge is -2.16. The third-order valence-corrected chi connectivity index (χ3v) is 5.10. The molecule has 0 bridgehead atoms. The summed E-state index contributed by atoms with van der Waals surface area (Å²) in [5.74, 6) is 1.57. The third kappa shape index (κ3) is 4.40. The molecule has 30 heavy (non-hydrogen) atoms. The Morgan fingerprint density at radius 2 is 1.87 bits per heavy atom. The first kappa shape index (κ1) is 20.2. The molecular weight excluding hydrogens is 405 g/mol. The van der Waals surface area contributed by atoms with E-state index in [1.165, 1.54) is 6.07 Å². The van der Waals surface area contributed by atoms with Crippen molar-refractivity contribution in [2.24, 2.45) is 0 Å². The van der Waals surface area contributed by atoms with Crippen molar-refractivity contribution in [3.63, 3.8) is 0 Å². The van der Waals surface area contributed by atoms with Crippen molar-refractivity contribution >= 4 is 22.6 Å². The van der Waals surface area contributed by atoms with Crippen LogP contribution in [-0.2, 0) is 19.7 Å². The molecule has 0 unspecified atom stereocenters. The molecule has 0 saturated heterocycles. The van der Waals surface area contributed by atoms with Crippen LogP contribution in [0.3, 0.4) is 0 Å². The van der Waals surface area contributed by atoms with Crippen LogP contribution in [0.25, 0.3) is 11.0 Å². The summed E-state index contributed by atoms with van der Waals surface area (Å²) in [6.07, 6.45) is 0. The highest BCUT2D eigenvalue weighted by Gasteiger charge is 2.14. The van der Waals surface area contributed by atoms with Crippen molar-refractivity contribution in [1.82, 2.24) is 15.3 Å². The summed E-state index contributed by atoms with van der Waals surface area (Å²) >= 11 is 6.12. The molecule has 0 radical (unpaired) electrons. The van der Waals surface area contributed by atoms with Gasteiger partial charge >= 0.3 is 0 Å². The maximum absolute atomic E-state index is 14.1. The topological polar surface area (TPSA) is 59.2 Å². The lowest BCUT2D eigenvalue weighted by Crippen LogP contribution is -2.15. The van der Waals surface area contributed by atoms with Gasteiger partial charge in [0.25, 0.3) is 0 Å². The normalized spacial score (nSPS) is 11.0. The second-order valence-electron chi connectivity index (χ2n) is 6.74. The van der Waals surface area contributed by atoms with Gasteiger partial charge in [-0.3, -0.25) is 0 Å². The molecule has 0 atom stereocenters. The van der Waals surface area contributed by atoms with Crippen molar-refractivity contribution < 1.29 is 13.9 Å². The zero-order chi connectivity index (χ0) is 20.9. The SMILES string of the molecule is COc1cccc(CNCc2nc3ccccc3[nH]2)c1OCc1c(F)cccc1Cl. The van der Waals surface area contributed by atoms with Crippen LogP contribution in [-0.4, -0.2) is 17.1 Å². The van der Waals surface area contributed by atoms with E-state index in [-0.39, 0.29) is 6.61 Å². The van der Waals surface area contributed by atoms with Gasteiger partial charge in [-0.05, 0) is 30.3 Å². The second-order valence-corrected chi connectivity index (χ2v) is 7.15. The van der Waals surface area contributed by atoms with E-state index in [4.69, 9.17) is 21.1 Å². The number of fused-ring (bicyclic) bond motifs is 1. The molecule has 0 fully saturated rings. The van der Waals surface area contributed by atoms with E-state index in [0.29, 0.717) is 35.2 Å². The molecule has 3 aromatic carbocycles. The van der Waals surface area contributed by atoms with Crippen molar-refractivity contribution in [3.8, 4) is 11.5 Å². The Bertz CT molecular complexity index is 1110. The van der Waals surface area contributed by atoms with Gasteiger partial charge in [0, 0.05) is 17.7 Å². The van der Waals surface area contributed by atoms with Gasteiger partial charge in [0.15, 0.2) is 11.5 Å². The number of halogens is 2. The number of hydrogen-bond acceptors (Lipinski definition) is 4. The zero-order valence-corrected chi connectivity index (χ0v) is 17.2. The van der Waals surface area contributed by atoms with Gasteiger partial charge < -0.3 is 19.8 Å². The summed E-state index contributed by atoms with van der Waals surface area (Å²) < 4.78 is 25.5. The smallest absolute Gasteiger partial charge is 0.166 e. The number of aromatic amines is 1. The highest BCUT2D eigenvalue weighted by molar-refractivity contribution is 6.31. The van der Waals surface area contributed by atoms with Gasteiger partial charge in [0.1, 0.15) is 18.2 Å². The molecule has 7 heteroatoms. The third-order valence-electron chi connectivity index (χ3n) is 4.75. The van der Waals surface area contributed by atoms with Crippen molar-refractivity contribution in [2.45, 2.75) is 19.7 Å². The molecule has 0 amide bonds. The van der Waals surface area contributed by atoms with E-state index in [1.807, 2.05) is 36.4 Å².